The lowest BCUT2D eigenvalue weighted by atomic mass is 10.3. The first-order valence-electron chi connectivity index (χ1n) is 4.75. The van der Waals surface area contributed by atoms with E-state index < -0.39 is 0 Å². The highest BCUT2D eigenvalue weighted by Crippen LogP contribution is 2.44. The van der Waals surface area contributed by atoms with Crippen molar-refractivity contribution in [1.82, 2.24) is 0 Å². The van der Waals surface area contributed by atoms with E-state index in [1.807, 2.05) is 30.3 Å². The van der Waals surface area contributed by atoms with Crippen LogP contribution in [0.3, 0.4) is 0 Å². The van der Waals surface area contributed by atoms with Gasteiger partial charge in [-0.1, -0.05) is 22.0 Å². The van der Waals surface area contributed by atoms with Gasteiger partial charge in [0, 0.05) is 13.4 Å². The zero-order chi connectivity index (χ0) is 13.3. The van der Waals surface area contributed by atoms with Crippen molar-refractivity contribution in [2.24, 2.45) is 0 Å². The smallest absolute Gasteiger partial charge is 0.156 e. The first kappa shape index (κ1) is 15.0. The van der Waals surface area contributed by atoms with E-state index in [4.69, 9.17) is 4.74 Å². The third-order valence-corrected chi connectivity index (χ3v) is 6.44. The molecule has 1 nitrogen and oxygen atoms in total. The van der Waals surface area contributed by atoms with E-state index in [0.717, 1.165) is 33.9 Å². The molecule has 0 bridgehead atoms. The van der Waals surface area contributed by atoms with Gasteiger partial charge in [0.15, 0.2) is 5.75 Å². The lowest BCUT2D eigenvalue weighted by molar-refractivity contribution is 0.475. The largest absolute Gasteiger partial charge is 0.455 e. The van der Waals surface area contributed by atoms with Crippen molar-refractivity contribution < 1.29 is 4.74 Å². The Bertz CT molecular complexity index is 597. The van der Waals surface area contributed by atoms with Gasteiger partial charge >= 0.3 is 0 Å². The minimum Gasteiger partial charge on any atom is -0.455 e. The molecule has 0 atom stereocenters. The lowest BCUT2D eigenvalue weighted by Crippen LogP contribution is -1.89. The number of rotatable bonds is 2. The molecule has 0 heterocycles. The van der Waals surface area contributed by atoms with E-state index >= 15 is 0 Å². The van der Waals surface area contributed by atoms with Crippen LogP contribution in [0.15, 0.2) is 52.7 Å². The third kappa shape index (κ3) is 3.39. The van der Waals surface area contributed by atoms with Crippen molar-refractivity contribution in [1.29, 1.82) is 0 Å². The second kappa shape index (κ2) is 6.39. The molecular formula is C12H5Br5O. The fourth-order valence-electron chi connectivity index (χ4n) is 1.29. The maximum atomic E-state index is 5.88. The molecule has 0 radical (unpaired) electrons. The highest BCUT2D eigenvalue weighted by Gasteiger charge is 2.14. The fourth-order valence-corrected chi connectivity index (χ4v) is 4.25. The molecule has 0 aliphatic rings. The highest BCUT2D eigenvalue weighted by molar-refractivity contribution is 9.14. The van der Waals surface area contributed by atoms with Crippen LogP contribution in [0.4, 0.5) is 0 Å². The van der Waals surface area contributed by atoms with Gasteiger partial charge in [0.05, 0.1) is 8.95 Å². The van der Waals surface area contributed by atoms with E-state index in [1.165, 1.54) is 0 Å². The summed E-state index contributed by atoms with van der Waals surface area (Å²) in [6.45, 7) is 0. The summed E-state index contributed by atoms with van der Waals surface area (Å²) in [5.41, 5.74) is 0. The van der Waals surface area contributed by atoms with Gasteiger partial charge in [-0.2, -0.15) is 0 Å². The minimum atomic E-state index is 0.725. The molecule has 94 valence electrons. The molecule has 0 saturated heterocycles. The van der Waals surface area contributed by atoms with Crippen LogP contribution in [0.5, 0.6) is 11.5 Å². The monoisotopic (exact) mass is 560 g/mol. The van der Waals surface area contributed by atoms with Gasteiger partial charge in [-0.25, -0.2) is 0 Å². The van der Waals surface area contributed by atoms with Gasteiger partial charge in [-0.3, -0.25) is 0 Å². The van der Waals surface area contributed by atoms with Crippen molar-refractivity contribution in [3.63, 3.8) is 0 Å². The average molecular weight is 565 g/mol. The molecule has 0 spiro atoms. The minimum absolute atomic E-state index is 0.725. The maximum absolute atomic E-state index is 5.88. The van der Waals surface area contributed by atoms with Crippen molar-refractivity contribution in [2.45, 2.75) is 0 Å². The lowest BCUT2D eigenvalue weighted by Gasteiger charge is -2.12. The Labute approximate surface area is 147 Å². The first-order valence-corrected chi connectivity index (χ1v) is 8.72. The Morgan fingerprint density at radius 3 is 2.17 bits per heavy atom. The van der Waals surface area contributed by atoms with Gasteiger partial charge in [0.2, 0.25) is 0 Å². The number of benzene rings is 2. The molecule has 2 rings (SSSR count). The molecule has 18 heavy (non-hydrogen) atoms. The number of halogens is 5. The van der Waals surface area contributed by atoms with Crippen LogP contribution in [0.1, 0.15) is 0 Å². The molecule has 0 aromatic heterocycles. The van der Waals surface area contributed by atoms with E-state index in [2.05, 4.69) is 79.6 Å². The van der Waals surface area contributed by atoms with Crippen LogP contribution < -0.4 is 4.74 Å². The van der Waals surface area contributed by atoms with Crippen LogP contribution in [0.25, 0.3) is 0 Å². The van der Waals surface area contributed by atoms with E-state index in [9.17, 15) is 0 Å². The summed E-state index contributed by atoms with van der Waals surface area (Å²) >= 11 is 17.4. The topological polar surface area (TPSA) is 9.23 Å². The van der Waals surface area contributed by atoms with Crippen LogP contribution in [-0.2, 0) is 0 Å². The van der Waals surface area contributed by atoms with Crippen molar-refractivity contribution in [3.8, 4) is 11.5 Å². The summed E-state index contributed by atoms with van der Waals surface area (Å²) in [5.74, 6) is 1.49. The molecule has 0 amide bonds. The van der Waals surface area contributed by atoms with Crippen molar-refractivity contribution in [3.05, 3.63) is 52.7 Å². The second-order valence-electron chi connectivity index (χ2n) is 3.36. The normalized spacial score (nSPS) is 10.5. The number of hydrogen-bond donors (Lipinski definition) is 0. The Morgan fingerprint density at radius 2 is 1.50 bits per heavy atom. The van der Waals surface area contributed by atoms with Gasteiger partial charge < -0.3 is 4.74 Å². The molecule has 0 saturated carbocycles. The summed E-state index contributed by atoms with van der Waals surface area (Å²) in [6, 6.07) is 9.63. The number of ether oxygens (including phenoxy) is 1. The summed E-state index contributed by atoms with van der Waals surface area (Å²) < 4.78 is 10.4. The second-order valence-corrected chi connectivity index (χ2v) is 7.57. The van der Waals surface area contributed by atoms with E-state index in [0.29, 0.717) is 0 Å². The summed E-state index contributed by atoms with van der Waals surface area (Å²) in [5, 5.41) is 0. The molecule has 0 N–H and O–H groups in total. The van der Waals surface area contributed by atoms with Crippen molar-refractivity contribution >= 4 is 79.6 Å². The molecular weight excluding hydrogens is 560 g/mol. The standard InChI is InChI=1S/C12H5Br5O/c13-6-2-1-3-7(4-6)18-12-9(15)5-8(14)10(16)11(12)17/h1-5H. The van der Waals surface area contributed by atoms with Crippen LogP contribution in [-0.4, -0.2) is 0 Å². The molecule has 0 aliphatic heterocycles. The van der Waals surface area contributed by atoms with Gasteiger partial charge in [0.25, 0.3) is 0 Å². The number of hydrogen-bond acceptors (Lipinski definition) is 1. The molecule has 0 fully saturated rings. The van der Waals surface area contributed by atoms with Crippen LogP contribution in [0.2, 0.25) is 0 Å². The zero-order valence-electron chi connectivity index (χ0n) is 8.68. The molecule has 0 aliphatic carbocycles. The van der Waals surface area contributed by atoms with Crippen molar-refractivity contribution in [2.75, 3.05) is 0 Å². The van der Waals surface area contributed by atoms with E-state index in [-0.39, 0.29) is 0 Å². The first-order chi connectivity index (χ1) is 8.49. The van der Waals surface area contributed by atoms with Crippen LogP contribution >= 0.6 is 79.6 Å². The van der Waals surface area contributed by atoms with Gasteiger partial charge in [-0.15, -0.1) is 0 Å². The van der Waals surface area contributed by atoms with E-state index in [1.54, 1.807) is 0 Å². The Hall–Kier alpha value is 0.640. The third-order valence-electron chi connectivity index (χ3n) is 2.09. The van der Waals surface area contributed by atoms with Gasteiger partial charge in [-0.05, 0) is 88.0 Å². The van der Waals surface area contributed by atoms with Gasteiger partial charge in [0.1, 0.15) is 5.75 Å². The molecule has 6 heteroatoms. The molecule has 0 unspecified atom stereocenters. The molecule has 2 aromatic rings. The quantitative estimate of drug-likeness (QED) is 0.275. The zero-order valence-corrected chi connectivity index (χ0v) is 16.6. The summed E-state index contributed by atoms with van der Waals surface area (Å²) in [6.07, 6.45) is 0. The summed E-state index contributed by atoms with van der Waals surface area (Å²) in [4.78, 5) is 0. The Kier molecular flexibility index (Phi) is 5.34. The molecule has 2 aromatic carbocycles. The SMILES string of the molecule is Brc1cccc(Oc2c(Br)cc(Br)c(Br)c2Br)c1. The van der Waals surface area contributed by atoms with Crippen LogP contribution in [0, 0.1) is 0 Å². The Balaban J connectivity index is 2.44. The fraction of sp³-hybridized carbons (Fsp3) is 0. The predicted molar refractivity (Wildman–Crippen MR) is 91.5 cm³/mol. The average Bonchev–Trinajstić information content (AvgIpc) is 2.32. The summed E-state index contributed by atoms with van der Waals surface area (Å²) in [7, 11) is 0. The predicted octanol–water partition coefficient (Wildman–Crippen LogP) is 7.29. The maximum Gasteiger partial charge on any atom is 0.156 e. The highest BCUT2D eigenvalue weighted by atomic mass is 79.9. The Morgan fingerprint density at radius 1 is 0.778 bits per heavy atom.